The zero-order chi connectivity index (χ0) is 9.98. The van der Waals surface area contributed by atoms with Crippen molar-refractivity contribution in [2.45, 2.75) is 20.5 Å². The van der Waals surface area contributed by atoms with Gasteiger partial charge in [0, 0.05) is 28.4 Å². The lowest BCUT2D eigenvalue weighted by atomic mass is 11.8. The highest BCUT2D eigenvalue weighted by Gasteiger charge is 1.94. The maximum absolute atomic E-state index is 4.82. The molecule has 13 heavy (non-hydrogen) atoms. The molecule has 0 aromatic heterocycles. The summed E-state index contributed by atoms with van der Waals surface area (Å²) in [7, 11) is 4.35. The number of hydrogen-bond donors (Lipinski definition) is 0. The van der Waals surface area contributed by atoms with Gasteiger partial charge in [0.15, 0.2) is 0 Å². The molecule has 0 N–H and O–H groups in total. The Kier molecular flexibility index (Phi) is 21.5. The summed E-state index contributed by atoms with van der Waals surface area (Å²) < 4.78 is 19.3. The summed E-state index contributed by atoms with van der Waals surface area (Å²) in [6, 6.07) is 0. The number of hydrogen-bond acceptors (Lipinski definition) is 4. The van der Waals surface area contributed by atoms with Crippen LogP contribution in [0.3, 0.4) is 0 Å². The molecule has 0 fully saturated rings. The van der Waals surface area contributed by atoms with Crippen molar-refractivity contribution in [2.75, 3.05) is 28.4 Å². The Hall–Kier alpha value is 0.274. The highest BCUT2D eigenvalue weighted by Crippen LogP contribution is 1.78. The van der Waals surface area contributed by atoms with Gasteiger partial charge in [0.1, 0.15) is 0 Å². The zero-order valence-electron chi connectivity index (χ0n) is 8.79. The second kappa shape index (κ2) is 14.8. The minimum Gasteiger partial charge on any atom is -0.400 e. The molecular weight excluding hydrogens is 204 g/mol. The van der Waals surface area contributed by atoms with E-state index in [2.05, 4.69) is 0 Å². The van der Waals surface area contributed by atoms with Crippen LogP contribution in [0.5, 0.6) is 0 Å². The fourth-order valence-corrected chi connectivity index (χ4v) is 0.577. The Bertz CT molecular complexity index is 66.9. The molecule has 0 aliphatic rings. The molecule has 4 nitrogen and oxygen atoms in total. The smallest absolute Gasteiger partial charge is 0.317 e. The van der Waals surface area contributed by atoms with Gasteiger partial charge in [0.05, 0.1) is 0 Å². The molecule has 0 spiro atoms. The normalized spacial score (nSPS) is 9.23. The van der Waals surface area contributed by atoms with E-state index in [0.29, 0.717) is 0 Å². The molecule has 0 heterocycles. The van der Waals surface area contributed by atoms with Crippen molar-refractivity contribution in [1.29, 1.82) is 0 Å². The molecule has 0 aromatic carbocycles. The van der Waals surface area contributed by atoms with Crippen molar-refractivity contribution in [3.8, 4) is 0 Å². The van der Waals surface area contributed by atoms with Crippen LogP contribution in [0, 0.1) is 0 Å². The third-order valence-electron chi connectivity index (χ3n) is 1.33. The first-order chi connectivity index (χ1) is 5.62. The van der Waals surface area contributed by atoms with Crippen LogP contribution in [-0.4, -0.2) is 47.0 Å². The topological polar surface area (TPSA) is 36.9 Å². The molecular formula is C7H24O4Si2. The molecule has 0 radical (unpaired) electrons. The summed E-state index contributed by atoms with van der Waals surface area (Å²) in [5, 5.41) is 0. The summed E-state index contributed by atoms with van der Waals surface area (Å²) in [4.78, 5) is 0. The molecule has 6 heteroatoms. The van der Waals surface area contributed by atoms with Gasteiger partial charge in [-0.15, -0.1) is 0 Å². The van der Waals surface area contributed by atoms with Crippen LogP contribution < -0.4 is 0 Å². The predicted molar refractivity (Wildman–Crippen MR) is 60.8 cm³/mol. The fourth-order valence-electron chi connectivity index (χ4n) is 0.192. The molecule has 0 amide bonds. The van der Waals surface area contributed by atoms with E-state index in [-0.39, 0.29) is 7.43 Å². The van der Waals surface area contributed by atoms with Gasteiger partial charge in [-0.05, 0) is 13.1 Å². The highest BCUT2D eigenvalue weighted by atomic mass is 28.3. The van der Waals surface area contributed by atoms with Crippen molar-refractivity contribution in [3.63, 3.8) is 0 Å². The van der Waals surface area contributed by atoms with Crippen molar-refractivity contribution in [2.24, 2.45) is 0 Å². The van der Waals surface area contributed by atoms with E-state index in [0.717, 1.165) is 0 Å². The minimum absolute atomic E-state index is 0. The van der Waals surface area contributed by atoms with Crippen molar-refractivity contribution in [3.05, 3.63) is 0 Å². The third kappa shape index (κ3) is 18.9. The maximum Gasteiger partial charge on any atom is 0.317 e. The maximum atomic E-state index is 4.82. The Labute approximate surface area is 85.8 Å². The molecule has 0 aromatic rings. The van der Waals surface area contributed by atoms with E-state index >= 15 is 0 Å². The van der Waals surface area contributed by atoms with Crippen LogP contribution in [0.1, 0.15) is 7.43 Å². The van der Waals surface area contributed by atoms with Gasteiger partial charge in [0.2, 0.25) is 0 Å². The average Bonchev–Trinajstić information content (AvgIpc) is 2.16. The Morgan fingerprint density at radius 1 is 0.615 bits per heavy atom. The molecule has 0 atom stereocenters. The predicted octanol–water partition coefficient (Wildman–Crippen LogP) is 0.895. The molecule has 0 aliphatic carbocycles. The van der Waals surface area contributed by atoms with E-state index in [1.807, 2.05) is 13.1 Å². The molecule has 0 aliphatic heterocycles. The largest absolute Gasteiger partial charge is 0.400 e. The average molecular weight is 228 g/mol. The third-order valence-corrected chi connectivity index (χ3v) is 3.98. The van der Waals surface area contributed by atoms with Crippen molar-refractivity contribution in [1.82, 2.24) is 0 Å². The van der Waals surface area contributed by atoms with Gasteiger partial charge < -0.3 is 17.7 Å². The van der Waals surface area contributed by atoms with Crippen LogP contribution in [0.25, 0.3) is 0 Å². The Morgan fingerprint density at radius 3 is 0.769 bits per heavy atom. The Morgan fingerprint density at radius 2 is 0.769 bits per heavy atom. The summed E-state index contributed by atoms with van der Waals surface area (Å²) in [6.07, 6.45) is 0. The first-order valence-corrected chi connectivity index (χ1v) is 7.93. The fraction of sp³-hybridized carbons (Fsp3) is 1.00. The van der Waals surface area contributed by atoms with E-state index in [1.165, 1.54) is 0 Å². The van der Waals surface area contributed by atoms with Crippen molar-refractivity contribution >= 4 is 18.6 Å². The van der Waals surface area contributed by atoms with Gasteiger partial charge >= 0.3 is 18.6 Å². The first kappa shape index (κ1) is 18.9. The van der Waals surface area contributed by atoms with E-state index in [1.54, 1.807) is 28.4 Å². The van der Waals surface area contributed by atoms with Crippen LogP contribution in [-0.2, 0) is 17.7 Å². The summed E-state index contributed by atoms with van der Waals surface area (Å²) in [6.45, 7) is 3.94. The second-order valence-corrected chi connectivity index (χ2v) is 6.23. The summed E-state index contributed by atoms with van der Waals surface area (Å²) in [5.74, 6) is 0. The monoisotopic (exact) mass is 228 g/mol. The lowest BCUT2D eigenvalue weighted by molar-refractivity contribution is 0.285. The molecule has 0 saturated carbocycles. The molecule has 0 saturated heterocycles. The van der Waals surface area contributed by atoms with Crippen LogP contribution >= 0.6 is 0 Å². The second-order valence-electron chi connectivity index (χ2n) is 2.08. The standard InChI is InChI=1S/2C3H10O2Si.CH4/c2*1-4-6(3)5-2;/h2*6H,1-3H3;1H4. The highest BCUT2D eigenvalue weighted by molar-refractivity contribution is 6.42. The van der Waals surface area contributed by atoms with Crippen LogP contribution in [0.15, 0.2) is 0 Å². The first-order valence-electron chi connectivity index (χ1n) is 3.73. The summed E-state index contributed by atoms with van der Waals surface area (Å²) >= 11 is 0. The quantitative estimate of drug-likeness (QED) is 0.670. The number of rotatable bonds is 4. The molecule has 0 rings (SSSR count). The van der Waals surface area contributed by atoms with Gasteiger partial charge in [0.25, 0.3) is 0 Å². The van der Waals surface area contributed by atoms with Gasteiger partial charge in [-0.3, -0.25) is 0 Å². The van der Waals surface area contributed by atoms with Gasteiger partial charge in [-0.1, -0.05) is 7.43 Å². The summed E-state index contributed by atoms with van der Waals surface area (Å²) in [5.41, 5.74) is 0. The molecule has 84 valence electrons. The SMILES string of the molecule is C.CO[SiH](C)OC.CO[SiH](C)OC. The lowest BCUT2D eigenvalue weighted by Crippen LogP contribution is -2.12. The van der Waals surface area contributed by atoms with Gasteiger partial charge in [-0.2, -0.15) is 0 Å². The lowest BCUT2D eigenvalue weighted by Gasteiger charge is -2.00. The molecule has 0 bridgehead atoms. The van der Waals surface area contributed by atoms with E-state index in [9.17, 15) is 0 Å². The Balaban J connectivity index is -0.000000143. The van der Waals surface area contributed by atoms with E-state index < -0.39 is 18.6 Å². The van der Waals surface area contributed by atoms with Crippen LogP contribution in [0.4, 0.5) is 0 Å². The van der Waals surface area contributed by atoms with Crippen LogP contribution in [0.2, 0.25) is 13.1 Å². The molecule has 0 unspecified atom stereocenters. The van der Waals surface area contributed by atoms with E-state index in [4.69, 9.17) is 17.7 Å². The van der Waals surface area contributed by atoms with Crippen molar-refractivity contribution < 1.29 is 17.7 Å². The minimum atomic E-state index is -1.16. The zero-order valence-corrected chi connectivity index (χ0v) is 11.1. The van der Waals surface area contributed by atoms with Gasteiger partial charge in [-0.25, -0.2) is 0 Å².